The number of nitrogens with zero attached hydrogens (tertiary/aromatic N) is 1. The van der Waals surface area contributed by atoms with Crippen LogP contribution >= 0.6 is 0 Å². The summed E-state index contributed by atoms with van der Waals surface area (Å²) in [7, 11) is 1.36. The number of aromatic hydroxyl groups is 1. The van der Waals surface area contributed by atoms with Crippen LogP contribution in [-0.4, -0.2) is 18.2 Å². The monoisotopic (exact) mass is 244 g/mol. The van der Waals surface area contributed by atoms with Gasteiger partial charge in [0.15, 0.2) is 18.5 Å². The van der Waals surface area contributed by atoms with E-state index in [9.17, 15) is 9.90 Å². The third-order valence-electron chi connectivity index (χ3n) is 2.62. The summed E-state index contributed by atoms with van der Waals surface area (Å²) < 4.78 is 6.54. The summed E-state index contributed by atoms with van der Waals surface area (Å²) in [6.45, 7) is 0.500. The number of benzene rings is 1. The number of methoxy groups -OCH3 is 1. The molecule has 1 aromatic carbocycles. The van der Waals surface area contributed by atoms with Crippen LogP contribution in [0.25, 0.3) is 0 Å². The maximum absolute atomic E-state index is 11.6. The molecule has 0 aliphatic rings. The van der Waals surface area contributed by atoms with E-state index >= 15 is 0 Å². The lowest BCUT2D eigenvalue weighted by Gasteiger charge is -2.04. The van der Waals surface area contributed by atoms with E-state index in [-0.39, 0.29) is 11.7 Å². The van der Waals surface area contributed by atoms with E-state index in [0.29, 0.717) is 12.1 Å². The standard InChI is InChI=1S/C14H13NO3/c1-18-14(17)13-7-3-2-5-11(13)9-15-8-4-6-12(16)10-15/h2-8,10H,9H2,1H3/p+1. The molecule has 0 atom stereocenters. The molecule has 0 saturated carbocycles. The van der Waals surface area contributed by atoms with Crippen LogP contribution in [0.2, 0.25) is 0 Å². The second-order valence-electron chi connectivity index (χ2n) is 3.88. The Morgan fingerprint density at radius 2 is 2.06 bits per heavy atom. The number of carbonyl (C=O) groups is 1. The summed E-state index contributed by atoms with van der Waals surface area (Å²) in [6, 6.07) is 10.6. The zero-order chi connectivity index (χ0) is 13.0. The van der Waals surface area contributed by atoms with Crippen molar-refractivity contribution in [3.05, 3.63) is 59.9 Å². The number of hydrogen-bond donors (Lipinski definition) is 1. The van der Waals surface area contributed by atoms with Crippen LogP contribution in [-0.2, 0) is 11.3 Å². The molecule has 2 rings (SSSR count). The normalized spacial score (nSPS) is 10.1. The highest BCUT2D eigenvalue weighted by atomic mass is 16.5. The van der Waals surface area contributed by atoms with Crippen molar-refractivity contribution >= 4 is 5.97 Å². The minimum Gasteiger partial charge on any atom is -0.503 e. The molecule has 1 N–H and O–H groups in total. The van der Waals surface area contributed by atoms with Crippen molar-refractivity contribution in [3.8, 4) is 5.75 Å². The Balaban J connectivity index is 2.32. The predicted octanol–water partition coefficient (Wildman–Crippen LogP) is 1.51. The van der Waals surface area contributed by atoms with Crippen LogP contribution < -0.4 is 4.57 Å². The van der Waals surface area contributed by atoms with E-state index in [2.05, 4.69) is 0 Å². The Bertz CT molecular complexity index is 566. The zero-order valence-corrected chi connectivity index (χ0v) is 10.0. The molecule has 0 saturated heterocycles. The van der Waals surface area contributed by atoms with Gasteiger partial charge >= 0.3 is 5.97 Å². The van der Waals surface area contributed by atoms with Crippen LogP contribution in [0.15, 0.2) is 48.8 Å². The fourth-order valence-electron chi connectivity index (χ4n) is 1.77. The Kier molecular flexibility index (Phi) is 3.57. The van der Waals surface area contributed by atoms with Gasteiger partial charge in [-0.15, -0.1) is 0 Å². The first-order chi connectivity index (χ1) is 8.70. The van der Waals surface area contributed by atoms with Crippen LogP contribution in [0.1, 0.15) is 15.9 Å². The van der Waals surface area contributed by atoms with Crippen molar-refractivity contribution in [3.63, 3.8) is 0 Å². The van der Waals surface area contributed by atoms with E-state index in [1.807, 2.05) is 18.3 Å². The Hall–Kier alpha value is -2.36. The quantitative estimate of drug-likeness (QED) is 0.657. The smallest absolute Gasteiger partial charge is 0.338 e. The van der Waals surface area contributed by atoms with E-state index in [0.717, 1.165) is 5.56 Å². The largest absolute Gasteiger partial charge is 0.503 e. The molecule has 18 heavy (non-hydrogen) atoms. The minimum absolute atomic E-state index is 0.188. The molecule has 1 heterocycles. The van der Waals surface area contributed by atoms with Gasteiger partial charge in [0.05, 0.1) is 12.7 Å². The number of aromatic nitrogens is 1. The van der Waals surface area contributed by atoms with Crippen LogP contribution in [0.4, 0.5) is 0 Å². The summed E-state index contributed by atoms with van der Waals surface area (Å²) in [5, 5.41) is 9.40. The molecular weight excluding hydrogens is 230 g/mol. The van der Waals surface area contributed by atoms with Crippen molar-refractivity contribution in [1.29, 1.82) is 0 Å². The maximum Gasteiger partial charge on any atom is 0.338 e. The van der Waals surface area contributed by atoms with Crippen LogP contribution in [0, 0.1) is 0 Å². The van der Waals surface area contributed by atoms with E-state index < -0.39 is 0 Å². The van der Waals surface area contributed by atoms with Crippen molar-refractivity contribution in [2.45, 2.75) is 6.54 Å². The van der Waals surface area contributed by atoms with Gasteiger partial charge in [-0.25, -0.2) is 4.79 Å². The molecule has 1 aromatic heterocycles. The fraction of sp³-hybridized carbons (Fsp3) is 0.143. The molecule has 0 unspecified atom stereocenters. The average Bonchev–Trinajstić information content (AvgIpc) is 2.38. The number of hydrogen-bond acceptors (Lipinski definition) is 3. The van der Waals surface area contributed by atoms with Crippen molar-refractivity contribution in [2.24, 2.45) is 0 Å². The van der Waals surface area contributed by atoms with Gasteiger partial charge in [-0.3, -0.25) is 0 Å². The molecule has 0 fully saturated rings. The van der Waals surface area contributed by atoms with E-state index in [1.165, 1.54) is 7.11 Å². The van der Waals surface area contributed by atoms with Gasteiger partial charge in [0, 0.05) is 11.6 Å². The third kappa shape index (κ3) is 2.66. The first kappa shape index (κ1) is 12.1. The van der Waals surface area contributed by atoms with Gasteiger partial charge in [-0.05, 0) is 12.1 Å². The van der Waals surface area contributed by atoms with E-state index in [1.54, 1.807) is 35.0 Å². The van der Waals surface area contributed by atoms with E-state index in [4.69, 9.17) is 4.74 Å². The highest BCUT2D eigenvalue weighted by Crippen LogP contribution is 2.10. The second-order valence-corrected chi connectivity index (χ2v) is 3.88. The SMILES string of the molecule is COC(=O)c1ccccc1C[n+]1cccc(O)c1. The van der Waals surface area contributed by atoms with Gasteiger partial charge in [0.2, 0.25) is 6.20 Å². The molecule has 4 heteroatoms. The average molecular weight is 244 g/mol. The Morgan fingerprint density at radius 3 is 2.78 bits per heavy atom. The molecular formula is C14H14NO3+. The number of ether oxygens (including phenoxy) is 1. The molecule has 4 nitrogen and oxygen atoms in total. The fourth-order valence-corrected chi connectivity index (χ4v) is 1.77. The summed E-state index contributed by atoms with van der Waals surface area (Å²) in [4.78, 5) is 11.6. The number of pyridine rings is 1. The van der Waals surface area contributed by atoms with Gasteiger partial charge in [-0.2, -0.15) is 4.57 Å². The molecule has 0 amide bonds. The maximum atomic E-state index is 11.6. The van der Waals surface area contributed by atoms with Crippen LogP contribution in [0.5, 0.6) is 5.75 Å². The second kappa shape index (κ2) is 5.31. The third-order valence-corrected chi connectivity index (χ3v) is 2.62. The molecule has 0 aliphatic heterocycles. The van der Waals surface area contributed by atoms with Gasteiger partial charge in [-0.1, -0.05) is 18.2 Å². The zero-order valence-electron chi connectivity index (χ0n) is 10.0. The minimum atomic E-state index is -0.355. The number of esters is 1. The van der Waals surface area contributed by atoms with Gasteiger partial charge in [0.25, 0.3) is 0 Å². The summed E-state index contributed by atoms with van der Waals surface area (Å²) in [5.41, 5.74) is 1.38. The topological polar surface area (TPSA) is 50.4 Å². The van der Waals surface area contributed by atoms with Gasteiger partial charge < -0.3 is 9.84 Å². The molecule has 92 valence electrons. The first-order valence-electron chi connectivity index (χ1n) is 5.55. The van der Waals surface area contributed by atoms with Crippen molar-refractivity contribution in [2.75, 3.05) is 7.11 Å². The predicted molar refractivity (Wildman–Crippen MR) is 65.2 cm³/mol. The van der Waals surface area contributed by atoms with Crippen molar-refractivity contribution in [1.82, 2.24) is 0 Å². The Labute approximate surface area is 105 Å². The number of carbonyl (C=O) groups excluding carboxylic acids is 1. The molecule has 0 spiro atoms. The molecule has 0 bridgehead atoms. The number of rotatable bonds is 3. The summed E-state index contributed by atoms with van der Waals surface area (Å²) >= 11 is 0. The Morgan fingerprint density at radius 1 is 1.28 bits per heavy atom. The first-order valence-corrected chi connectivity index (χ1v) is 5.55. The molecule has 2 aromatic rings. The molecule has 0 radical (unpaired) electrons. The summed E-state index contributed by atoms with van der Waals surface area (Å²) in [5.74, 6) is -0.167. The lowest BCUT2D eigenvalue weighted by molar-refractivity contribution is -0.688. The highest BCUT2D eigenvalue weighted by molar-refractivity contribution is 5.90. The lowest BCUT2D eigenvalue weighted by Crippen LogP contribution is -2.33. The molecule has 0 aliphatic carbocycles. The van der Waals surface area contributed by atoms with Crippen molar-refractivity contribution < 1.29 is 19.2 Å². The van der Waals surface area contributed by atoms with Gasteiger partial charge in [0.1, 0.15) is 0 Å². The highest BCUT2D eigenvalue weighted by Gasteiger charge is 2.14. The van der Waals surface area contributed by atoms with Crippen LogP contribution in [0.3, 0.4) is 0 Å². The summed E-state index contributed by atoms with van der Waals surface area (Å²) in [6.07, 6.45) is 3.43. The lowest BCUT2D eigenvalue weighted by atomic mass is 10.1.